The van der Waals surface area contributed by atoms with Crippen LogP contribution in [0.25, 0.3) is 0 Å². The second-order valence-electron chi connectivity index (χ2n) is 4.52. The van der Waals surface area contributed by atoms with Gasteiger partial charge in [-0.1, -0.05) is 22.0 Å². The first-order valence-electron chi connectivity index (χ1n) is 5.25. The molecular formula is C12H14BrNO2. The molecule has 0 amide bonds. The second-order valence-corrected chi connectivity index (χ2v) is 5.43. The molecule has 3 nitrogen and oxygen atoms in total. The summed E-state index contributed by atoms with van der Waals surface area (Å²) in [4.78, 5) is 13.3. The van der Waals surface area contributed by atoms with E-state index in [9.17, 15) is 4.79 Å². The average molecular weight is 284 g/mol. The minimum atomic E-state index is -0.704. The number of carboxylic acid groups (broad SMARTS) is 1. The number of hydrogen-bond acceptors (Lipinski definition) is 2. The largest absolute Gasteiger partial charge is 0.481 e. The molecule has 1 aromatic rings. The fraction of sp³-hybridized carbons (Fsp3) is 0.417. The number of hydrogen-bond donors (Lipinski definition) is 1. The van der Waals surface area contributed by atoms with Crippen LogP contribution in [0.4, 0.5) is 5.69 Å². The molecule has 1 aliphatic heterocycles. The van der Waals surface area contributed by atoms with Gasteiger partial charge in [0.25, 0.3) is 0 Å². The monoisotopic (exact) mass is 283 g/mol. The van der Waals surface area contributed by atoms with Crippen LogP contribution in [0.1, 0.15) is 13.3 Å². The maximum absolute atomic E-state index is 11.1. The Morgan fingerprint density at radius 2 is 2.31 bits per heavy atom. The molecule has 86 valence electrons. The van der Waals surface area contributed by atoms with Crippen molar-refractivity contribution < 1.29 is 9.90 Å². The molecule has 0 aromatic heterocycles. The Labute approximate surface area is 103 Å². The van der Waals surface area contributed by atoms with Gasteiger partial charge in [0.2, 0.25) is 0 Å². The van der Waals surface area contributed by atoms with Gasteiger partial charge in [0, 0.05) is 23.2 Å². The number of carbonyl (C=O) groups is 1. The van der Waals surface area contributed by atoms with E-state index in [-0.39, 0.29) is 0 Å². The van der Waals surface area contributed by atoms with E-state index < -0.39 is 11.4 Å². The lowest BCUT2D eigenvalue weighted by Gasteiger charge is -2.21. The second kappa shape index (κ2) is 4.09. The molecule has 0 spiro atoms. The van der Waals surface area contributed by atoms with Gasteiger partial charge in [-0.25, -0.2) is 0 Å². The molecule has 1 atom stereocenters. The maximum atomic E-state index is 11.1. The van der Waals surface area contributed by atoms with E-state index in [2.05, 4.69) is 20.8 Å². The molecule has 1 aromatic carbocycles. The zero-order valence-corrected chi connectivity index (χ0v) is 10.7. The predicted octanol–water partition coefficient (Wildman–Crippen LogP) is 2.75. The van der Waals surface area contributed by atoms with Crippen molar-refractivity contribution in [3.63, 3.8) is 0 Å². The predicted molar refractivity (Wildman–Crippen MR) is 66.7 cm³/mol. The lowest BCUT2D eigenvalue weighted by molar-refractivity contribution is -0.146. The average Bonchev–Trinajstić information content (AvgIpc) is 2.62. The Bertz CT molecular complexity index is 421. The van der Waals surface area contributed by atoms with Crippen LogP contribution in [-0.2, 0) is 4.79 Å². The number of nitrogens with zero attached hydrogens (tertiary/aromatic N) is 1. The normalized spacial score (nSPS) is 24.8. The summed E-state index contributed by atoms with van der Waals surface area (Å²) in [5.41, 5.74) is 0.474. The fourth-order valence-electron chi connectivity index (χ4n) is 2.03. The van der Waals surface area contributed by atoms with E-state index in [0.717, 1.165) is 16.7 Å². The van der Waals surface area contributed by atoms with Gasteiger partial charge < -0.3 is 10.0 Å². The van der Waals surface area contributed by atoms with Crippen molar-refractivity contribution in [3.8, 4) is 0 Å². The minimum absolute atomic E-state index is 0.582. The Hall–Kier alpha value is -1.03. The summed E-state index contributed by atoms with van der Waals surface area (Å²) in [6, 6.07) is 7.97. The number of benzene rings is 1. The molecule has 4 heteroatoms. The van der Waals surface area contributed by atoms with Gasteiger partial charge in [0.1, 0.15) is 0 Å². The number of aliphatic carboxylic acids is 1. The zero-order chi connectivity index (χ0) is 11.8. The molecule has 2 rings (SSSR count). The highest BCUT2D eigenvalue weighted by molar-refractivity contribution is 9.10. The van der Waals surface area contributed by atoms with Crippen molar-refractivity contribution in [2.75, 3.05) is 18.0 Å². The molecule has 1 N–H and O–H groups in total. The smallest absolute Gasteiger partial charge is 0.311 e. The van der Waals surface area contributed by atoms with Crippen LogP contribution in [-0.4, -0.2) is 24.2 Å². The van der Waals surface area contributed by atoms with Crippen LogP contribution in [0.5, 0.6) is 0 Å². The summed E-state index contributed by atoms with van der Waals surface area (Å²) in [5, 5.41) is 9.16. The molecular weight excluding hydrogens is 270 g/mol. The number of halogens is 1. The first-order valence-corrected chi connectivity index (χ1v) is 6.04. The van der Waals surface area contributed by atoms with Crippen LogP contribution < -0.4 is 4.90 Å². The molecule has 1 unspecified atom stereocenters. The summed E-state index contributed by atoms with van der Waals surface area (Å²) in [7, 11) is 0. The van der Waals surface area contributed by atoms with Crippen molar-refractivity contribution in [2.24, 2.45) is 5.41 Å². The van der Waals surface area contributed by atoms with Crippen LogP contribution in [0.2, 0.25) is 0 Å². The third-order valence-corrected chi connectivity index (χ3v) is 3.66. The first-order chi connectivity index (χ1) is 7.51. The molecule has 0 saturated carbocycles. The van der Waals surface area contributed by atoms with Crippen LogP contribution >= 0.6 is 15.9 Å². The van der Waals surface area contributed by atoms with Crippen molar-refractivity contribution in [2.45, 2.75) is 13.3 Å². The quantitative estimate of drug-likeness (QED) is 0.907. The molecule has 16 heavy (non-hydrogen) atoms. The molecule has 1 fully saturated rings. The SMILES string of the molecule is CC1(C(=O)O)CCN(c2cccc(Br)c2)C1. The first kappa shape index (κ1) is 11.5. The van der Waals surface area contributed by atoms with Crippen molar-refractivity contribution >= 4 is 27.6 Å². The van der Waals surface area contributed by atoms with Crippen LogP contribution in [0.3, 0.4) is 0 Å². The van der Waals surface area contributed by atoms with Gasteiger partial charge in [-0.2, -0.15) is 0 Å². The van der Waals surface area contributed by atoms with E-state index >= 15 is 0 Å². The molecule has 0 bridgehead atoms. The molecule has 1 heterocycles. The van der Waals surface area contributed by atoms with Crippen molar-refractivity contribution in [3.05, 3.63) is 28.7 Å². The van der Waals surface area contributed by atoms with Gasteiger partial charge in [-0.3, -0.25) is 4.79 Å². The Morgan fingerprint density at radius 3 is 2.88 bits per heavy atom. The molecule has 1 aliphatic rings. The van der Waals surface area contributed by atoms with Gasteiger partial charge in [-0.15, -0.1) is 0 Å². The Morgan fingerprint density at radius 1 is 1.56 bits per heavy atom. The van der Waals surface area contributed by atoms with Gasteiger partial charge in [0.05, 0.1) is 5.41 Å². The van der Waals surface area contributed by atoms with E-state index in [1.54, 1.807) is 0 Å². The third kappa shape index (κ3) is 2.07. The highest BCUT2D eigenvalue weighted by atomic mass is 79.9. The Kier molecular flexibility index (Phi) is 2.93. The summed E-state index contributed by atoms with van der Waals surface area (Å²) >= 11 is 3.42. The highest BCUT2D eigenvalue weighted by Crippen LogP contribution is 2.34. The summed E-state index contributed by atoms with van der Waals surface area (Å²) in [6.45, 7) is 3.20. The van der Waals surface area contributed by atoms with Gasteiger partial charge in [-0.05, 0) is 31.5 Å². The van der Waals surface area contributed by atoms with E-state index in [1.807, 2.05) is 31.2 Å². The van der Waals surface area contributed by atoms with E-state index in [1.165, 1.54) is 0 Å². The third-order valence-electron chi connectivity index (χ3n) is 3.16. The van der Waals surface area contributed by atoms with Crippen molar-refractivity contribution in [1.29, 1.82) is 0 Å². The molecule has 0 radical (unpaired) electrons. The lowest BCUT2D eigenvalue weighted by Crippen LogP contribution is -2.31. The summed E-state index contributed by atoms with van der Waals surface area (Å²) in [6.07, 6.45) is 0.703. The number of carboxylic acids is 1. The van der Waals surface area contributed by atoms with Gasteiger partial charge in [0.15, 0.2) is 0 Å². The number of anilines is 1. The topological polar surface area (TPSA) is 40.5 Å². The van der Waals surface area contributed by atoms with E-state index in [0.29, 0.717) is 13.0 Å². The maximum Gasteiger partial charge on any atom is 0.311 e. The summed E-state index contributed by atoms with van der Waals surface area (Å²) < 4.78 is 1.02. The Balaban J connectivity index is 2.18. The van der Waals surface area contributed by atoms with Crippen molar-refractivity contribution in [1.82, 2.24) is 0 Å². The van der Waals surface area contributed by atoms with E-state index in [4.69, 9.17) is 5.11 Å². The molecule has 1 saturated heterocycles. The zero-order valence-electron chi connectivity index (χ0n) is 9.11. The summed E-state index contributed by atoms with van der Waals surface area (Å²) in [5.74, 6) is -0.704. The fourth-order valence-corrected chi connectivity index (χ4v) is 2.42. The van der Waals surface area contributed by atoms with Crippen LogP contribution in [0, 0.1) is 5.41 Å². The number of rotatable bonds is 2. The molecule has 0 aliphatic carbocycles. The van der Waals surface area contributed by atoms with Gasteiger partial charge >= 0.3 is 5.97 Å². The minimum Gasteiger partial charge on any atom is -0.481 e. The lowest BCUT2D eigenvalue weighted by atomic mass is 9.90. The standard InChI is InChI=1S/C12H14BrNO2/c1-12(11(15)16)5-6-14(8-12)10-4-2-3-9(13)7-10/h2-4,7H,5-6,8H2,1H3,(H,15,16). The highest BCUT2D eigenvalue weighted by Gasteiger charge is 2.40. The van der Waals surface area contributed by atoms with Crippen LogP contribution in [0.15, 0.2) is 28.7 Å².